The van der Waals surface area contributed by atoms with E-state index in [1.165, 1.54) is 19.9 Å². The minimum atomic E-state index is -0.134. The van der Waals surface area contributed by atoms with Crippen LogP contribution in [0.4, 0.5) is 0 Å². The van der Waals surface area contributed by atoms with Gasteiger partial charge < -0.3 is 19.4 Å². The summed E-state index contributed by atoms with van der Waals surface area (Å²) in [5.41, 5.74) is 3.49. The first kappa shape index (κ1) is 17.3. The molecule has 8 nitrogen and oxygen atoms in total. The van der Waals surface area contributed by atoms with Crippen molar-refractivity contribution in [3.8, 4) is 11.9 Å². The van der Waals surface area contributed by atoms with Crippen molar-refractivity contribution in [3.63, 3.8) is 0 Å². The van der Waals surface area contributed by atoms with Crippen LogP contribution in [0.25, 0.3) is 11.0 Å². The maximum atomic E-state index is 12.8. The molecular weight excluding hydrogens is 346 g/mol. The highest BCUT2D eigenvalue weighted by molar-refractivity contribution is 5.92. The fraction of sp³-hybridized carbons (Fsp3) is 0.368. The van der Waals surface area contributed by atoms with Crippen molar-refractivity contribution >= 4 is 16.9 Å². The van der Waals surface area contributed by atoms with E-state index >= 15 is 0 Å². The number of pyridine rings is 1. The van der Waals surface area contributed by atoms with Gasteiger partial charge in [0.25, 0.3) is 5.91 Å². The molecule has 1 aliphatic rings. The Bertz CT molecular complexity index is 908. The summed E-state index contributed by atoms with van der Waals surface area (Å²) in [6.07, 6.45) is 3.57. The molecule has 0 bridgehead atoms. The Kier molecular flexibility index (Phi) is 4.62. The SMILES string of the molecule is COc1cc(C(=O)N2CCC(c3cc4ncccc4[nH]3)CC2)nc(OC)n1. The molecule has 4 rings (SSSR count). The lowest BCUT2D eigenvalue weighted by atomic mass is 9.93. The summed E-state index contributed by atoms with van der Waals surface area (Å²) >= 11 is 0. The third-order valence-corrected chi connectivity index (χ3v) is 4.92. The summed E-state index contributed by atoms with van der Waals surface area (Å²) in [7, 11) is 2.96. The standard InChI is InChI=1S/C19H21N5O3/c1-26-17-11-16(22-19(23-17)27-2)18(25)24-8-5-12(6-9-24)14-10-15-13(21-14)4-3-7-20-15/h3-4,7,10-12,21H,5-6,8-9H2,1-2H3. The molecule has 0 atom stereocenters. The van der Waals surface area contributed by atoms with Crippen molar-refractivity contribution in [2.24, 2.45) is 0 Å². The molecule has 0 unspecified atom stereocenters. The quantitative estimate of drug-likeness (QED) is 0.761. The minimum Gasteiger partial charge on any atom is -0.481 e. The number of amides is 1. The van der Waals surface area contributed by atoms with Gasteiger partial charge in [-0.2, -0.15) is 9.97 Å². The number of methoxy groups -OCH3 is 2. The molecule has 0 saturated carbocycles. The first-order valence-electron chi connectivity index (χ1n) is 8.88. The summed E-state index contributed by atoms with van der Waals surface area (Å²) in [5, 5.41) is 0. The first-order valence-corrected chi connectivity index (χ1v) is 8.88. The second kappa shape index (κ2) is 7.22. The molecule has 0 aromatic carbocycles. The van der Waals surface area contributed by atoms with Crippen molar-refractivity contribution in [2.45, 2.75) is 18.8 Å². The Morgan fingerprint density at radius 2 is 2.00 bits per heavy atom. The van der Waals surface area contributed by atoms with Crippen molar-refractivity contribution < 1.29 is 14.3 Å². The summed E-state index contributed by atoms with van der Waals surface area (Å²) in [6.45, 7) is 1.34. The second-order valence-corrected chi connectivity index (χ2v) is 6.51. The molecule has 1 amide bonds. The lowest BCUT2D eigenvalue weighted by Crippen LogP contribution is -2.38. The van der Waals surface area contributed by atoms with E-state index in [1.54, 1.807) is 12.3 Å². The van der Waals surface area contributed by atoms with Crippen LogP contribution in [0.15, 0.2) is 30.5 Å². The molecule has 3 aromatic heterocycles. The van der Waals surface area contributed by atoms with Crippen molar-refractivity contribution in [1.82, 2.24) is 24.8 Å². The van der Waals surface area contributed by atoms with E-state index in [4.69, 9.17) is 9.47 Å². The van der Waals surface area contributed by atoms with Gasteiger partial charge >= 0.3 is 6.01 Å². The van der Waals surface area contributed by atoms with E-state index in [-0.39, 0.29) is 17.6 Å². The second-order valence-electron chi connectivity index (χ2n) is 6.51. The van der Waals surface area contributed by atoms with Gasteiger partial charge in [0.2, 0.25) is 5.88 Å². The monoisotopic (exact) mass is 367 g/mol. The Morgan fingerprint density at radius 1 is 1.19 bits per heavy atom. The lowest BCUT2D eigenvalue weighted by molar-refractivity contribution is 0.0704. The third-order valence-electron chi connectivity index (χ3n) is 4.92. The van der Waals surface area contributed by atoms with Crippen LogP contribution in [0.5, 0.6) is 11.9 Å². The van der Waals surface area contributed by atoms with E-state index in [0.29, 0.717) is 24.9 Å². The zero-order chi connectivity index (χ0) is 18.8. The van der Waals surface area contributed by atoms with Crippen LogP contribution < -0.4 is 9.47 Å². The Balaban J connectivity index is 1.46. The number of nitrogens with one attached hydrogen (secondary N) is 1. The van der Waals surface area contributed by atoms with Crippen LogP contribution >= 0.6 is 0 Å². The largest absolute Gasteiger partial charge is 0.481 e. The number of H-pyrrole nitrogens is 1. The zero-order valence-electron chi connectivity index (χ0n) is 15.3. The van der Waals surface area contributed by atoms with Crippen molar-refractivity contribution in [1.29, 1.82) is 0 Å². The maximum absolute atomic E-state index is 12.8. The first-order chi connectivity index (χ1) is 13.2. The van der Waals surface area contributed by atoms with Crippen LogP contribution in [0.3, 0.4) is 0 Å². The summed E-state index contributed by atoms with van der Waals surface area (Å²) in [6, 6.07) is 7.73. The van der Waals surface area contributed by atoms with Gasteiger partial charge in [0.05, 0.1) is 25.3 Å². The highest BCUT2D eigenvalue weighted by Crippen LogP contribution is 2.30. The number of hydrogen-bond donors (Lipinski definition) is 1. The lowest BCUT2D eigenvalue weighted by Gasteiger charge is -2.31. The molecule has 27 heavy (non-hydrogen) atoms. The molecule has 4 heterocycles. The number of piperidine rings is 1. The third kappa shape index (κ3) is 3.42. The molecule has 1 saturated heterocycles. The zero-order valence-corrected chi connectivity index (χ0v) is 15.3. The summed E-state index contributed by atoms with van der Waals surface area (Å²) < 4.78 is 10.2. The van der Waals surface area contributed by atoms with E-state index in [1.807, 2.05) is 17.0 Å². The fourth-order valence-electron chi connectivity index (χ4n) is 3.46. The number of nitrogens with zero attached hydrogens (tertiary/aromatic N) is 4. The maximum Gasteiger partial charge on any atom is 0.320 e. The van der Waals surface area contributed by atoms with Crippen molar-refractivity contribution in [2.75, 3.05) is 27.3 Å². The average Bonchev–Trinajstić information content (AvgIpc) is 3.17. The van der Waals surface area contributed by atoms with Crippen LogP contribution in [0.2, 0.25) is 0 Å². The number of carbonyl (C=O) groups is 1. The van der Waals surface area contributed by atoms with Gasteiger partial charge in [-0.15, -0.1) is 0 Å². The molecule has 1 aliphatic heterocycles. The van der Waals surface area contributed by atoms with Gasteiger partial charge in [-0.1, -0.05) is 0 Å². The molecule has 0 aliphatic carbocycles. The smallest absolute Gasteiger partial charge is 0.320 e. The van der Waals surface area contributed by atoms with Gasteiger partial charge in [0.1, 0.15) is 5.69 Å². The number of ether oxygens (including phenoxy) is 2. The average molecular weight is 367 g/mol. The van der Waals surface area contributed by atoms with Gasteiger partial charge in [-0.05, 0) is 31.0 Å². The normalized spacial score (nSPS) is 15.1. The van der Waals surface area contributed by atoms with Gasteiger partial charge in [0, 0.05) is 37.0 Å². The number of hydrogen-bond acceptors (Lipinski definition) is 6. The number of aromatic amines is 1. The summed E-state index contributed by atoms with van der Waals surface area (Å²) in [5.74, 6) is 0.564. The van der Waals surface area contributed by atoms with E-state index < -0.39 is 0 Å². The molecule has 0 spiro atoms. The molecule has 140 valence electrons. The number of likely N-dealkylation sites (tertiary alicyclic amines) is 1. The number of carbonyl (C=O) groups excluding carboxylic acids is 1. The van der Waals surface area contributed by atoms with Gasteiger partial charge in [-0.25, -0.2) is 0 Å². The molecule has 8 heteroatoms. The van der Waals surface area contributed by atoms with Crippen molar-refractivity contribution in [3.05, 3.63) is 41.9 Å². The Labute approximate surface area is 156 Å². The molecule has 1 fully saturated rings. The number of aromatic nitrogens is 4. The highest BCUT2D eigenvalue weighted by Gasteiger charge is 2.27. The Morgan fingerprint density at radius 3 is 2.70 bits per heavy atom. The van der Waals surface area contributed by atoms with Crippen LogP contribution in [-0.4, -0.2) is 58.1 Å². The minimum absolute atomic E-state index is 0.123. The molecule has 1 N–H and O–H groups in total. The van der Waals surface area contributed by atoms with Crippen LogP contribution in [0.1, 0.15) is 34.9 Å². The van der Waals surface area contributed by atoms with Gasteiger partial charge in [-0.3, -0.25) is 9.78 Å². The van der Waals surface area contributed by atoms with Crippen LogP contribution in [0, 0.1) is 0 Å². The predicted octanol–water partition coefficient (Wildman–Crippen LogP) is 2.39. The predicted molar refractivity (Wildman–Crippen MR) is 99.1 cm³/mol. The topological polar surface area (TPSA) is 93.2 Å². The molecule has 0 radical (unpaired) electrons. The number of rotatable bonds is 4. The Hall–Kier alpha value is -3.16. The highest BCUT2D eigenvalue weighted by atomic mass is 16.5. The van der Waals surface area contributed by atoms with E-state index in [9.17, 15) is 4.79 Å². The number of fused-ring (bicyclic) bond motifs is 1. The summed E-state index contributed by atoms with van der Waals surface area (Å²) in [4.78, 5) is 30.7. The van der Waals surface area contributed by atoms with Gasteiger partial charge in [0.15, 0.2) is 0 Å². The molecule has 3 aromatic rings. The van der Waals surface area contributed by atoms with Crippen LogP contribution in [-0.2, 0) is 0 Å². The molecular formula is C19H21N5O3. The van der Waals surface area contributed by atoms with E-state index in [0.717, 1.165) is 23.9 Å². The van der Waals surface area contributed by atoms with E-state index in [2.05, 4.69) is 26.0 Å². The fourth-order valence-corrected chi connectivity index (χ4v) is 3.46.